The Bertz CT molecular complexity index is 397. The molecule has 0 saturated heterocycles. The maximum atomic E-state index is 12.1. The maximum absolute atomic E-state index is 12.1. The summed E-state index contributed by atoms with van der Waals surface area (Å²) in [5.74, 6) is -0.405. The van der Waals surface area contributed by atoms with Crippen molar-refractivity contribution in [3.05, 3.63) is 0 Å². The number of carbonyl (C=O) groups is 2. The lowest BCUT2D eigenvalue weighted by atomic mass is 10.1. The summed E-state index contributed by atoms with van der Waals surface area (Å²) in [6, 6.07) is 0. The van der Waals surface area contributed by atoms with Gasteiger partial charge in [-0.1, -0.05) is 0 Å². The zero-order valence-corrected chi connectivity index (χ0v) is 18.5. The second-order valence-electron chi connectivity index (χ2n) is 7.52. The second-order valence-corrected chi connectivity index (χ2v) is 7.52. The van der Waals surface area contributed by atoms with Crippen LogP contribution in [0.3, 0.4) is 0 Å². The molecule has 166 valence electrons. The molecule has 0 atom stereocenters. The predicted octanol–water partition coefficient (Wildman–Crippen LogP) is -0.799. The summed E-state index contributed by atoms with van der Waals surface area (Å²) in [4.78, 5) is 31.3. The van der Waals surface area contributed by atoms with E-state index in [1.807, 2.05) is 38.0 Å². The van der Waals surface area contributed by atoms with E-state index in [9.17, 15) is 14.7 Å². The summed E-state index contributed by atoms with van der Waals surface area (Å²) >= 11 is 0. The molecular formula is C19H40N4O5. The van der Waals surface area contributed by atoms with Crippen molar-refractivity contribution >= 4 is 11.8 Å². The lowest BCUT2D eigenvalue weighted by molar-refractivity contribution is -0.135. The van der Waals surface area contributed by atoms with E-state index < -0.39 is 6.10 Å². The summed E-state index contributed by atoms with van der Waals surface area (Å²) in [6.07, 6.45) is -1.14. The molecule has 0 aromatic carbocycles. The quantitative estimate of drug-likeness (QED) is 0.337. The Morgan fingerprint density at radius 1 is 0.679 bits per heavy atom. The van der Waals surface area contributed by atoms with E-state index in [1.165, 1.54) is 9.80 Å². The van der Waals surface area contributed by atoms with Crippen LogP contribution in [-0.2, 0) is 19.1 Å². The first-order chi connectivity index (χ1) is 13.1. The predicted molar refractivity (Wildman–Crippen MR) is 109 cm³/mol. The Kier molecular flexibility index (Phi) is 14.9. The monoisotopic (exact) mass is 404 g/mol. The van der Waals surface area contributed by atoms with E-state index in [2.05, 4.69) is 0 Å². The molecule has 0 aromatic heterocycles. The van der Waals surface area contributed by atoms with Crippen LogP contribution in [-0.4, -0.2) is 138 Å². The average Bonchev–Trinajstić information content (AvgIpc) is 2.59. The van der Waals surface area contributed by atoms with Crippen LogP contribution in [0.4, 0.5) is 0 Å². The molecule has 1 N–H and O–H groups in total. The Balaban J connectivity index is 3.95. The van der Waals surface area contributed by atoms with Crippen LogP contribution in [0.25, 0.3) is 0 Å². The highest BCUT2D eigenvalue weighted by Gasteiger charge is 2.19. The van der Waals surface area contributed by atoms with Gasteiger partial charge >= 0.3 is 0 Å². The summed E-state index contributed by atoms with van der Waals surface area (Å²) in [7, 11) is 11.2. The molecule has 0 unspecified atom stereocenters. The minimum atomic E-state index is -0.991. The number of carbonyl (C=O) groups excluding carboxylic acids is 2. The van der Waals surface area contributed by atoms with Crippen molar-refractivity contribution in [1.82, 2.24) is 19.6 Å². The van der Waals surface area contributed by atoms with Gasteiger partial charge in [0.2, 0.25) is 11.8 Å². The number of nitrogens with zero attached hydrogens (tertiary/aromatic N) is 4. The molecule has 0 bridgehead atoms. The molecular weight excluding hydrogens is 364 g/mol. The molecule has 0 fully saturated rings. The largest absolute Gasteiger partial charge is 0.392 e. The Morgan fingerprint density at radius 3 is 1.32 bits per heavy atom. The van der Waals surface area contributed by atoms with Gasteiger partial charge in [0.15, 0.2) is 0 Å². The van der Waals surface area contributed by atoms with Crippen LogP contribution in [0.1, 0.15) is 12.8 Å². The van der Waals surface area contributed by atoms with Crippen molar-refractivity contribution in [3.63, 3.8) is 0 Å². The van der Waals surface area contributed by atoms with E-state index >= 15 is 0 Å². The molecule has 0 radical (unpaired) electrons. The normalized spacial score (nSPS) is 11.5. The fourth-order valence-corrected chi connectivity index (χ4v) is 2.14. The first-order valence-corrected chi connectivity index (χ1v) is 9.74. The van der Waals surface area contributed by atoms with Gasteiger partial charge in [0.05, 0.1) is 45.4 Å². The number of amides is 2. The number of rotatable bonds is 16. The third-order valence-electron chi connectivity index (χ3n) is 4.18. The Labute approximate surface area is 170 Å². The van der Waals surface area contributed by atoms with Gasteiger partial charge in [0.1, 0.15) is 0 Å². The van der Waals surface area contributed by atoms with Crippen molar-refractivity contribution in [3.8, 4) is 0 Å². The minimum Gasteiger partial charge on any atom is -0.392 e. The van der Waals surface area contributed by atoms with Crippen LogP contribution in [0.15, 0.2) is 0 Å². The zero-order valence-electron chi connectivity index (χ0n) is 18.5. The fourth-order valence-electron chi connectivity index (χ4n) is 2.14. The van der Waals surface area contributed by atoms with E-state index in [-0.39, 0.29) is 24.7 Å². The average molecular weight is 405 g/mol. The lowest BCUT2D eigenvalue weighted by Crippen LogP contribution is -2.36. The molecule has 0 aromatic rings. The Morgan fingerprint density at radius 2 is 1.00 bits per heavy atom. The molecule has 2 amide bonds. The first-order valence-electron chi connectivity index (χ1n) is 9.74. The van der Waals surface area contributed by atoms with Crippen molar-refractivity contribution in [2.24, 2.45) is 0 Å². The number of ether oxygens (including phenoxy) is 2. The minimum absolute atomic E-state index is 0.0763. The summed E-state index contributed by atoms with van der Waals surface area (Å²) in [6.45, 7) is 4.67. The van der Waals surface area contributed by atoms with Gasteiger partial charge < -0.3 is 34.2 Å². The number of aliphatic hydroxyl groups is 1. The number of aliphatic hydroxyl groups excluding tert-OH is 1. The van der Waals surface area contributed by atoms with Crippen LogP contribution in [0.5, 0.6) is 0 Å². The molecule has 9 nitrogen and oxygen atoms in total. The molecule has 0 aliphatic carbocycles. The molecule has 0 aliphatic heterocycles. The van der Waals surface area contributed by atoms with E-state index in [0.29, 0.717) is 39.5 Å². The van der Waals surface area contributed by atoms with Gasteiger partial charge in [-0.15, -0.1) is 0 Å². The van der Waals surface area contributed by atoms with Gasteiger partial charge in [-0.3, -0.25) is 9.59 Å². The standard InChI is InChI=1S/C19H40N4O5/c1-20(2)7-11-27-13-9-22(5)18(25)15-17(24)16-19(26)23(6)10-14-28-12-8-21(3)4/h17,24H,7-16H2,1-6H3. The van der Waals surface area contributed by atoms with Crippen LogP contribution >= 0.6 is 0 Å². The molecule has 9 heteroatoms. The highest BCUT2D eigenvalue weighted by Crippen LogP contribution is 2.04. The summed E-state index contributed by atoms with van der Waals surface area (Å²) in [5.41, 5.74) is 0. The highest BCUT2D eigenvalue weighted by molar-refractivity contribution is 5.79. The van der Waals surface area contributed by atoms with Crippen molar-refractivity contribution in [1.29, 1.82) is 0 Å². The van der Waals surface area contributed by atoms with Gasteiger partial charge in [-0.05, 0) is 28.2 Å². The smallest absolute Gasteiger partial charge is 0.225 e. The summed E-state index contributed by atoms with van der Waals surface area (Å²) in [5, 5.41) is 10.1. The van der Waals surface area contributed by atoms with Crippen molar-refractivity contribution in [2.75, 3.05) is 94.9 Å². The third-order valence-corrected chi connectivity index (χ3v) is 4.18. The van der Waals surface area contributed by atoms with Crippen LogP contribution < -0.4 is 0 Å². The fraction of sp³-hybridized carbons (Fsp3) is 0.895. The lowest BCUT2D eigenvalue weighted by Gasteiger charge is -2.21. The molecule has 0 saturated carbocycles. The zero-order chi connectivity index (χ0) is 21.5. The Hall–Kier alpha value is -1.26. The third kappa shape index (κ3) is 14.8. The number of hydrogen-bond donors (Lipinski definition) is 1. The maximum Gasteiger partial charge on any atom is 0.225 e. The van der Waals surface area contributed by atoms with Crippen LogP contribution in [0, 0.1) is 0 Å². The van der Waals surface area contributed by atoms with Crippen molar-refractivity contribution in [2.45, 2.75) is 18.9 Å². The van der Waals surface area contributed by atoms with E-state index in [1.54, 1.807) is 14.1 Å². The second kappa shape index (κ2) is 15.6. The van der Waals surface area contributed by atoms with E-state index in [4.69, 9.17) is 9.47 Å². The molecule has 0 aliphatic rings. The van der Waals surface area contributed by atoms with Gasteiger partial charge in [0, 0.05) is 40.3 Å². The van der Waals surface area contributed by atoms with E-state index in [0.717, 1.165) is 13.1 Å². The molecule has 0 spiro atoms. The summed E-state index contributed by atoms with van der Waals surface area (Å²) < 4.78 is 10.9. The SMILES string of the molecule is CN(C)CCOCCN(C)C(=O)CC(O)CC(=O)N(C)CCOCCN(C)C. The molecule has 28 heavy (non-hydrogen) atoms. The highest BCUT2D eigenvalue weighted by atomic mass is 16.5. The number of likely N-dealkylation sites (N-methyl/N-ethyl adjacent to an activating group) is 4. The first kappa shape index (κ1) is 26.7. The number of hydrogen-bond acceptors (Lipinski definition) is 7. The molecule has 0 rings (SSSR count). The van der Waals surface area contributed by atoms with Gasteiger partial charge in [0.25, 0.3) is 0 Å². The topological polar surface area (TPSA) is 85.8 Å². The van der Waals surface area contributed by atoms with Gasteiger partial charge in [-0.25, -0.2) is 0 Å². The van der Waals surface area contributed by atoms with Crippen LogP contribution in [0.2, 0.25) is 0 Å². The van der Waals surface area contributed by atoms with Crippen molar-refractivity contribution < 1.29 is 24.2 Å². The molecule has 0 heterocycles. The van der Waals surface area contributed by atoms with Gasteiger partial charge in [-0.2, -0.15) is 0 Å².